The summed E-state index contributed by atoms with van der Waals surface area (Å²) in [5, 5.41) is 3.30. The van der Waals surface area contributed by atoms with Crippen molar-refractivity contribution in [1.29, 1.82) is 0 Å². The molecular formula is C17H23N3O. The second-order valence-electron chi connectivity index (χ2n) is 5.53. The highest BCUT2D eigenvalue weighted by Gasteiger charge is 2.08. The minimum absolute atomic E-state index is 0.107. The lowest BCUT2D eigenvalue weighted by Gasteiger charge is -2.14. The molecule has 1 N–H and O–H groups in total. The molecule has 0 radical (unpaired) electrons. The molecule has 2 aromatic rings. The molecule has 0 aliphatic carbocycles. The molecule has 2 rings (SSSR count). The van der Waals surface area contributed by atoms with E-state index in [0.717, 1.165) is 12.2 Å². The summed E-state index contributed by atoms with van der Waals surface area (Å²) in [7, 11) is 0. The van der Waals surface area contributed by atoms with Crippen LogP contribution in [0.4, 0.5) is 5.95 Å². The van der Waals surface area contributed by atoms with Crippen molar-refractivity contribution in [2.24, 2.45) is 0 Å². The van der Waals surface area contributed by atoms with Gasteiger partial charge in [-0.3, -0.25) is 0 Å². The van der Waals surface area contributed by atoms with Gasteiger partial charge >= 0.3 is 0 Å². The van der Waals surface area contributed by atoms with Crippen molar-refractivity contribution >= 4 is 5.95 Å². The Hall–Kier alpha value is -2.10. The van der Waals surface area contributed by atoms with E-state index >= 15 is 0 Å². The topological polar surface area (TPSA) is 47.0 Å². The largest absolute Gasteiger partial charge is 0.475 e. The van der Waals surface area contributed by atoms with E-state index in [0.29, 0.717) is 17.7 Å². The first-order chi connectivity index (χ1) is 10.0. The average molecular weight is 285 g/mol. The summed E-state index contributed by atoms with van der Waals surface area (Å²) in [6, 6.07) is 12.3. The maximum absolute atomic E-state index is 5.64. The Labute approximate surface area is 126 Å². The zero-order valence-corrected chi connectivity index (χ0v) is 13.1. The molecule has 0 fully saturated rings. The molecule has 0 saturated heterocycles. The lowest BCUT2D eigenvalue weighted by atomic mass is 10.0. The number of ether oxygens (including phenoxy) is 1. The van der Waals surface area contributed by atoms with Gasteiger partial charge in [0, 0.05) is 18.3 Å². The van der Waals surface area contributed by atoms with Crippen LogP contribution in [0.3, 0.4) is 0 Å². The van der Waals surface area contributed by atoms with E-state index in [-0.39, 0.29) is 6.10 Å². The van der Waals surface area contributed by atoms with Gasteiger partial charge < -0.3 is 10.1 Å². The van der Waals surface area contributed by atoms with E-state index in [1.54, 1.807) is 0 Å². The third kappa shape index (κ3) is 4.74. The molecule has 0 bridgehead atoms. The van der Waals surface area contributed by atoms with Crippen LogP contribution in [-0.2, 0) is 0 Å². The number of benzene rings is 1. The molecule has 0 spiro atoms. The maximum atomic E-state index is 5.64. The Bertz CT molecular complexity index is 570. The fourth-order valence-electron chi connectivity index (χ4n) is 2.06. The van der Waals surface area contributed by atoms with Gasteiger partial charge in [0.1, 0.15) is 0 Å². The summed E-state index contributed by atoms with van der Waals surface area (Å²) in [6.45, 7) is 8.89. The Balaban J connectivity index is 2.01. The normalized spacial score (nSPS) is 12.2. The molecule has 1 aromatic heterocycles. The number of anilines is 1. The highest BCUT2D eigenvalue weighted by atomic mass is 16.5. The van der Waals surface area contributed by atoms with Crippen LogP contribution in [0, 0.1) is 6.92 Å². The van der Waals surface area contributed by atoms with Crippen LogP contribution in [-0.4, -0.2) is 22.6 Å². The molecule has 4 heteroatoms. The minimum Gasteiger partial charge on any atom is -0.475 e. The van der Waals surface area contributed by atoms with Gasteiger partial charge in [-0.15, -0.1) is 0 Å². The summed E-state index contributed by atoms with van der Waals surface area (Å²) in [5.41, 5.74) is 2.20. The summed E-state index contributed by atoms with van der Waals surface area (Å²) >= 11 is 0. The van der Waals surface area contributed by atoms with Crippen molar-refractivity contribution in [3.8, 4) is 5.88 Å². The number of rotatable bonds is 6. The zero-order valence-electron chi connectivity index (χ0n) is 13.1. The third-order valence-corrected chi connectivity index (χ3v) is 3.12. The van der Waals surface area contributed by atoms with E-state index in [1.807, 2.05) is 32.9 Å². The lowest BCUT2D eigenvalue weighted by Crippen LogP contribution is -2.14. The summed E-state index contributed by atoms with van der Waals surface area (Å²) in [4.78, 5) is 8.80. The smallest absolute Gasteiger partial charge is 0.226 e. The van der Waals surface area contributed by atoms with Crippen LogP contribution in [0.25, 0.3) is 0 Å². The number of nitrogens with one attached hydrogen (secondary N) is 1. The Morgan fingerprint density at radius 3 is 2.48 bits per heavy atom. The molecule has 1 heterocycles. The van der Waals surface area contributed by atoms with Crippen molar-refractivity contribution < 1.29 is 4.74 Å². The molecule has 21 heavy (non-hydrogen) atoms. The van der Waals surface area contributed by atoms with Gasteiger partial charge in [-0.05, 0) is 32.3 Å². The second kappa shape index (κ2) is 7.07. The molecule has 0 aliphatic heterocycles. The predicted octanol–water partition coefficient (Wildman–Crippen LogP) is 3.79. The van der Waals surface area contributed by atoms with E-state index < -0.39 is 0 Å². The first kappa shape index (κ1) is 15.3. The molecule has 0 saturated carbocycles. The van der Waals surface area contributed by atoms with Gasteiger partial charge in [0.15, 0.2) is 0 Å². The molecule has 0 amide bonds. The van der Waals surface area contributed by atoms with Crippen molar-refractivity contribution in [2.45, 2.75) is 39.7 Å². The van der Waals surface area contributed by atoms with Crippen molar-refractivity contribution in [2.75, 3.05) is 11.9 Å². The summed E-state index contributed by atoms with van der Waals surface area (Å²) < 4.78 is 5.64. The molecule has 112 valence electrons. The highest BCUT2D eigenvalue weighted by molar-refractivity contribution is 5.32. The van der Waals surface area contributed by atoms with Crippen LogP contribution in [0.15, 0.2) is 36.4 Å². The summed E-state index contributed by atoms with van der Waals surface area (Å²) in [5.74, 6) is 1.63. The van der Waals surface area contributed by atoms with Crippen LogP contribution in [0.2, 0.25) is 0 Å². The van der Waals surface area contributed by atoms with Gasteiger partial charge in [0.25, 0.3) is 0 Å². The summed E-state index contributed by atoms with van der Waals surface area (Å²) in [6.07, 6.45) is 0.107. The predicted molar refractivity (Wildman–Crippen MR) is 85.9 cm³/mol. The van der Waals surface area contributed by atoms with Crippen molar-refractivity contribution in [3.05, 3.63) is 47.7 Å². The van der Waals surface area contributed by atoms with E-state index in [1.165, 1.54) is 5.56 Å². The van der Waals surface area contributed by atoms with E-state index in [9.17, 15) is 0 Å². The number of nitrogens with zero attached hydrogens (tertiary/aromatic N) is 2. The number of hydrogen-bond donors (Lipinski definition) is 1. The second-order valence-corrected chi connectivity index (χ2v) is 5.53. The molecular weight excluding hydrogens is 262 g/mol. The molecule has 1 atom stereocenters. The van der Waals surface area contributed by atoms with E-state index in [2.05, 4.69) is 46.5 Å². The SMILES string of the molecule is Cc1cc(OC(C)C)nc(NCC(C)c2ccccc2)n1. The maximum Gasteiger partial charge on any atom is 0.226 e. The first-order valence-electron chi connectivity index (χ1n) is 7.35. The van der Waals surface area contributed by atoms with Crippen molar-refractivity contribution in [3.63, 3.8) is 0 Å². The lowest BCUT2D eigenvalue weighted by molar-refractivity contribution is 0.232. The molecule has 4 nitrogen and oxygen atoms in total. The van der Waals surface area contributed by atoms with Crippen LogP contribution < -0.4 is 10.1 Å². The third-order valence-electron chi connectivity index (χ3n) is 3.12. The van der Waals surface area contributed by atoms with Crippen LogP contribution in [0.5, 0.6) is 5.88 Å². The molecule has 0 aliphatic rings. The van der Waals surface area contributed by atoms with Crippen LogP contribution in [0.1, 0.15) is 37.9 Å². The highest BCUT2D eigenvalue weighted by Crippen LogP contribution is 2.17. The minimum atomic E-state index is 0.107. The quantitative estimate of drug-likeness (QED) is 0.877. The van der Waals surface area contributed by atoms with Crippen molar-refractivity contribution in [1.82, 2.24) is 9.97 Å². The Morgan fingerprint density at radius 2 is 1.81 bits per heavy atom. The number of aryl methyl sites for hydroxylation is 1. The molecule has 1 aromatic carbocycles. The number of hydrogen-bond acceptors (Lipinski definition) is 4. The van der Waals surface area contributed by atoms with Gasteiger partial charge in [-0.2, -0.15) is 4.98 Å². The first-order valence-corrected chi connectivity index (χ1v) is 7.35. The number of aromatic nitrogens is 2. The molecule has 1 unspecified atom stereocenters. The fraction of sp³-hybridized carbons (Fsp3) is 0.412. The zero-order chi connectivity index (χ0) is 15.2. The van der Waals surface area contributed by atoms with Gasteiger partial charge in [0.2, 0.25) is 11.8 Å². The fourth-order valence-corrected chi connectivity index (χ4v) is 2.06. The van der Waals surface area contributed by atoms with Gasteiger partial charge in [-0.25, -0.2) is 4.98 Å². The monoisotopic (exact) mass is 285 g/mol. The Kier molecular flexibility index (Phi) is 5.14. The van der Waals surface area contributed by atoms with Gasteiger partial charge in [0.05, 0.1) is 6.10 Å². The Morgan fingerprint density at radius 1 is 1.10 bits per heavy atom. The van der Waals surface area contributed by atoms with Crippen LogP contribution >= 0.6 is 0 Å². The van der Waals surface area contributed by atoms with Gasteiger partial charge in [-0.1, -0.05) is 37.3 Å². The average Bonchev–Trinajstić information content (AvgIpc) is 2.44. The van der Waals surface area contributed by atoms with E-state index in [4.69, 9.17) is 4.74 Å². The standard InChI is InChI=1S/C17H23N3O/c1-12(2)21-16-10-14(4)19-17(20-16)18-11-13(3)15-8-6-5-7-9-15/h5-10,12-13H,11H2,1-4H3,(H,18,19,20).